The molecule has 1 aliphatic carbocycles. The molecule has 1 unspecified atom stereocenters. The molecule has 2 N–H and O–H groups in total. The molecule has 1 aromatic carbocycles. The van der Waals surface area contributed by atoms with Crippen LogP contribution in [0, 0.1) is 0 Å². The van der Waals surface area contributed by atoms with Crippen LogP contribution in [0.2, 0.25) is 0 Å². The first-order chi connectivity index (χ1) is 9.83. The van der Waals surface area contributed by atoms with Crippen LogP contribution < -0.4 is 14.8 Å². The first kappa shape index (κ1) is 14.4. The topological polar surface area (TPSA) is 38.5 Å². The molecule has 2 aliphatic rings. The Morgan fingerprint density at radius 3 is 2.85 bits per heavy atom. The maximum absolute atomic E-state index is 5.93. The zero-order chi connectivity index (χ0) is 13.9. The lowest BCUT2D eigenvalue weighted by molar-refractivity contribution is 0.339. The van der Waals surface area contributed by atoms with E-state index in [1.807, 2.05) is 18.7 Å². The molecular formula is C15H22N2OS2. The first-order valence-electron chi connectivity index (χ1n) is 7.41. The maximum Gasteiger partial charge on any atom is 0.141 e. The summed E-state index contributed by atoms with van der Waals surface area (Å²) < 4.78 is 5.92. The van der Waals surface area contributed by atoms with Crippen LogP contribution in [0.1, 0.15) is 39.0 Å². The molecule has 0 bridgehead atoms. The molecule has 3 rings (SSSR count). The largest absolute Gasteiger partial charge is 0.494 e. The number of thioether (sulfide) groups is 1. The molecule has 1 fully saturated rings. The van der Waals surface area contributed by atoms with Crippen LogP contribution in [0.25, 0.3) is 0 Å². The molecule has 0 amide bonds. The van der Waals surface area contributed by atoms with E-state index in [0.717, 1.165) is 5.75 Å². The molecule has 1 atom stereocenters. The summed E-state index contributed by atoms with van der Waals surface area (Å²) in [4.78, 5) is 3.85. The summed E-state index contributed by atoms with van der Waals surface area (Å²) in [6.45, 7) is 2.73. The molecule has 20 heavy (non-hydrogen) atoms. The highest BCUT2D eigenvalue weighted by molar-refractivity contribution is 8.16. The van der Waals surface area contributed by atoms with Crippen LogP contribution in [0.15, 0.2) is 23.1 Å². The SMILES string of the molecule is CCOc1ccc2c(c1)SC(SN)N2C1CCCCC1. The second kappa shape index (κ2) is 6.50. The van der Waals surface area contributed by atoms with Crippen LogP contribution >= 0.6 is 23.7 Å². The third kappa shape index (κ3) is 2.76. The van der Waals surface area contributed by atoms with Crippen molar-refractivity contribution in [2.24, 2.45) is 5.14 Å². The molecule has 1 saturated carbocycles. The number of hydrogen-bond donors (Lipinski definition) is 1. The maximum atomic E-state index is 5.93. The summed E-state index contributed by atoms with van der Waals surface area (Å²) in [5.41, 5.74) is 1.34. The highest BCUT2D eigenvalue weighted by atomic mass is 32.2. The number of hydrogen-bond acceptors (Lipinski definition) is 5. The number of nitrogens with two attached hydrogens (primary N) is 1. The van der Waals surface area contributed by atoms with Gasteiger partial charge in [0.15, 0.2) is 0 Å². The molecule has 0 radical (unpaired) electrons. The lowest BCUT2D eigenvalue weighted by Gasteiger charge is -2.36. The van der Waals surface area contributed by atoms with Crippen molar-refractivity contribution in [2.45, 2.75) is 54.7 Å². The van der Waals surface area contributed by atoms with Gasteiger partial charge < -0.3 is 9.64 Å². The Bertz CT molecular complexity index is 463. The number of fused-ring (bicyclic) bond motifs is 1. The number of nitrogens with zero attached hydrogens (tertiary/aromatic N) is 1. The molecule has 1 heterocycles. The molecule has 110 valence electrons. The van der Waals surface area contributed by atoms with Crippen LogP contribution in [0.3, 0.4) is 0 Å². The van der Waals surface area contributed by atoms with E-state index in [2.05, 4.69) is 23.1 Å². The van der Waals surface area contributed by atoms with Crippen molar-refractivity contribution in [2.75, 3.05) is 11.5 Å². The second-order valence-corrected chi connectivity index (χ2v) is 7.46. The highest BCUT2D eigenvalue weighted by Crippen LogP contribution is 2.50. The van der Waals surface area contributed by atoms with Gasteiger partial charge in [-0.1, -0.05) is 31.0 Å². The number of benzene rings is 1. The van der Waals surface area contributed by atoms with Crippen molar-refractivity contribution >= 4 is 29.4 Å². The van der Waals surface area contributed by atoms with Gasteiger partial charge >= 0.3 is 0 Å². The lowest BCUT2D eigenvalue weighted by atomic mass is 9.94. The molecule has 1 aliphatic heterocycles. The van der Waals surface area contributed by atoms with E-state index in [9.17, 15) is 0 Å². The molecule has 3 nitrogen and oxygen atoms in total. The summed E-state index contributed by atoms with van der Waals surface area (Å²) in [6, 6.07) is 7.10. The van der Waals surface area contributed by atoms with Gasteiger partial charge in [-0.3, -0.25) is 5.14 Å². The van der Waals surface area contributed by atoms with E-state index in [1.54, 1.807) is 0 Å². The van der Waals surface area contributed by atoms with E-state index in [4.69, 9.17) is 9.88 Å². The van der Waals surface area contributed by atoms with Crippen LogP contribution in [-0.4, -0.2) is 17.4 Å². The summed E-state index contributed by atoms with van der Waals surface area (Å²) in [5.74, 6) is 0.963. The van der Waals surface area contributed by atoms with Crippen LogP contribution in [0.5, 0.6) is 5.75 Å². The summed E-state index contributed by atoms with van der Waals surface area (Å²) in [6.07, 6.45) is 6.67. The van der Waals surface area contributed by atoms with Gasteiger partial charge in [0.25, 0.3) is 0 Å². The monoisotopic (exact) mass is 310 g/mol. The quantitative estimate of drug-likeness (QED) is 0.843. The fraction of sp³-hybridized carbons (Fsp3) is 0.600. The Morgan fingerprint density at radius 1 is 1.35 bits per heavy atom. The van der Waals surface area contributed by atoms with E-state index < -0.39 is 0 Å². The summed E-state index contributed by atoms with van der Waals surface area (Å²) >= 11 is 3.32. The molecule has 5 heteroatoms. The van der Waals surface area contributed by atoms with Gasteiger partial charge in [-0.2, -0.15) is 0 Å². The standard InChI is InChI=1S/C15H22N2OS2/c1-2-18-12-8-9-13-14(10-12)19-15(20-16)17(13)11-6-4-3-5-7-11/h8-11,15H,2-7,16H2,1H3. The third-order valence-electron chi connectivity index (χ3n) is 4.06. The van der Waals surface area contributed by atoms with Crippen molar-refractivity contribution < 1.29 is 4.74 Å². The smallest absolute Gasteiger partial charge is 0.141 e. The predicted molar refractivity (Wildman–Crippen MR) is 88.4 cm³/mol. The van der Waals surface area contributed by atoms with Gasteiger partial charge in [0.05, 0.1) is 12.3 Å². The molecule has 0 spiro atoms. The Morgan fingerprint density at radius 2 is 2.15 bits per heavy atom. The van der Waals surface area contributed by atoms with E-state index in [1.165, 1.54) is 54.6 Å². The van der Waals surface area contributed by atoms with Gasteiger partial charge in [-0.25, -0.2) is 0 Å². The Labute approximate surface area is 129 Å². The van der Waals surface area contributed by atoms with E-state index in [-0.39, 0.29) is 0 Å². The molecular weight excluding hydrogens is 288 g/mol. The fourth-order valence-electron chi connectivity index (χ4n) is 3.16. The minimum Gasteiger partial charge on any atom is -0.494 e. The minimum absolute atomic E-state index is 0.310. The van der Waals surface area contributed by atoms with Crippen LogP contribution in [-0.2, 0) is 0 Å². The predicted octanol–water partition coefficient (Wildman–Crippen LogP) is 4.22. The second-order valence-electron chi connectivity index (χ2n) is 5.32. The molecule has 0 saturated heterocycles. The van der Waals surface area contributed by atoms with Crippen molar-refractivity contribution in [3.8, 4) is 5.75 Å². The average molecular weight is 310 g/mol. The van der Waals surface area contributed by atoms with E-state index in [0.29, 0.717) is 17.4 Å². The van der Waals surface area contributed by atoms with Crippen molar-refractivity contribution in [3.63, 3.8) is 0 Å². The number of ether oxygens (including phenoxy) is 1. The van der Waals surface area contributed by atoms with Gasteiger partial charge in [0.2, 0.25) is 0 Å². The van der Waals surface area contributed by atoms with Crippen molar-refractivity contribution in [1.29, 1.82) is 0 Å². The molecule has 1 aromatic rings. The third-order valence-corrected chi connectivity index (χ3v) is 6.15. The summed E-state index contributed by atoms with van der Waals surface area (Å²) in [5, 5.41) is 5.93. The summed E-state index contributed by atoms with van der Waals surface area (Å²) in [7, 11) is 0. The lowest BCUT2D eigenvalue weighted by Crippen LogP contribution is -2.39. The van der Waals surface area contributed by atoms with Gasteiger partial charge in [-0.15, -0.1) is 0 Å². The minimum atomic E-state index is 0.310. The average Bonchev–Trinajstić information content (AvgIpc) is 2.86. The number of anilines is 1. The first-order valence-corrected chi connectivity index (χ1v) is 9.23. The Hall–Kier alpha value is -0.520. The van der Waals surface area contributed by atoms with Crippen molar-refractivity contribution in [3.05, 3.63) is 18.2 Å². The van der Waals surface area contributed by atoms with Gasteiger partial charge in [0.1, 0.15) is 10.5 Å². The Balaban J connectivity index is 1.86. The fourth-order valence-corrected chi connectivity index (χ4v) is 5.20. The van der Waals surface area contributed by atoms with Crippen molar-refractivity contribution in [1.82, 2.24) is 0 Å². The highest BCUT2D eigenvalue weighted by Gasteiger charge is 2.35. The zero-order valence-electron chi connectivity index (χ0n) is 11.9. The van der Waals surface area contributed by atoms with Crippen LogP contribution in [0.4, 0.5) is 5.69 Å². The Kier molecular flexibility index (Phi) is 4.68. The van der Waals surface area contributed by atoms with Gasteiger partial charge in [-0.05, 0) is 49.9 Å². The normalized spacial score (nSPS) is 22.9. The van der Waals surface area contributed by atoms with Gasteiger partial charge in [0, 0.05) is 10.9 Å². The molecule has 0 aromatic heterocycles. The van der Waals surface area contributed by atoms with E-state index >= 15 is 0 Å². The zero-order valence-corrected chi connectivity index (χ0v) is 13.5. The number of rotatable bonds is 4.